The molecule has 0 atom stereocenters. The molecular weight excluding hydrogens is 164 g/mol. The molecular formula is C11H16O2. The van der Waals surface area contributed by atoms with Crippen LogP contribution in [0.3, 0.4) is 0 Å². The van der Waals surface area contributed by atoms with Gasteiger partial charge in [0.15, 0.2) is 0 Å². The van der Waals surface area contributed by atoms with Crippen molar-refractivity contribution in [3.63, 3.8) is 0 Å². The van der Waals surface area contributed by atoms with Crippen molar-refractivity contribution in [1.29, 1.82) is 0 Å². The molecule has 13 heavy (non-hydrogen) atoms. The van der Waals surface area contributed by atoms with E-state index in [0.29, 0.717) is 17.1 Å². The Morgan fingerprint density at radius 2 is 1.85 bits per heavy atom. The molecule has 0 N–H and O–H groups in total. The van der Waals surface area contributed by atoms with Gasteiger partial charge in [-0.05, 0) is 24.1 Å². The topological polar surface area (TPSA) is 18.5 Å². The third-order valence-corrected chi connectivity index (χ3v) is 1.70. The lowest BCUT2D eigenvalue weighted by Crippen LogP contribution is -1.90. The summed E-state index contributed by atoms with van der Waals surface area (Å²) in [6.07, 6.45) is -2.51. The van der Waals surface area contributed by atoms with E-state index >= 15 is 0 Å². The summed E-state index contributed by atoms with van der Waals surface area (Å²) in [5.41, 5.74) is 0.521. The Kier molecular flexibility index (Phi) is 1.79. The SMILES string of the molecule is [2H]C([2H])([2H])C([2H])([2H])Cc1cc(OC)cc(OC)c1. The molecule has 0 saturated carbocycles. The first-order valence-corrected chi connectivity index (χ1v) is 3.91. The molecule has 72 valence electrons. The maximum absolute atomic E-state index is 7.59. The van der Waals surface area contributed by atoms with Gasteiger partial charge >= 0.3 is 0 Å². The van der Waals surface area contributed by atoms with E-state index in [0.717, 1.165) is 0 Å². The van der Waals surface area contributed by atoms with Crippen molar-refractivity contribution in [1.82, 2.24) is 0 Å². The highest BCUT2D eigenvalue weighted by molar-refractivity contribution is 5.38. The maximum Gasteiger partial charge on any atom is 0.122 e. The molecule has 1 aromatic rings. The Morgan fingerprint density at radius 3 is 2.31 bits per heavy atom. The second-order valence-corrected chi connectivity index (χ2v) is 2.57. The highest BCUT2D eigenvalue weighted by Gasteiger charge is 2.00. The van der Waals surface area contributed by atoms with Crippen molar-refractivity contribution in [3.8, 4) is 11.5 Å². The Morgan fingerprint density at radius 1 is 1.23 bits per heavy atom. The van der Waals surface area contributed by atoms with Crippen molar-refractivity contribution in [3.05, 3.63) is 23.8 Å². The molecule has 0 aliphatic rings. The molecule has 0 saturated heterocycles. The van der Waals surface area contributed by atoms with Crippen LogP contribution < -0.4 is 9.47 Å². The second-order valence-electron chi connectivity index (χ2n) is 2.57. The lowest BCUT2D eigenvalue weighted by atomic mass is 10.1. The molecule has 0 spiro atoms. The minimum Gasteiger partial charge on any atom is -0.497 e. The first-order chi connectivity index (χ1) is 8.19. The third kappa shape index (κ3) is 2.65. The van der Waals surface area contributed by atoms with Crippen LogP contribution in [0.2, 0.25) is 0 Å². The fraction of sp³-hybridized carbons (Fsp3) is 0.455. The van der Waals surface area contributed by atoms with Crippen molar-refractivity contribution < 1.29 is 16.3 Å². The number of hydrogen-bond donors (Lipinski definition) is 0. The standard InChI is InChI=1S/C11H16O2/c1-4-5-9-6-10(12-2)8-11(7-9)13-3/h6-8H,4-5H2,1-3H3/i1D3,4D2. The van der Waals surface area contributed by atoms with Gasteiger partial charge < -0.3 is 9.47 Å². The third-order valence-electron chi connectivity index (χ3n) is 1.70. The van der Waals surface area contributed by atoms with Gasteiger partial charge in [-0.3, -0.25) is 0 Å². The van der Waals surface area contributed by atoms with Crippen LogP contribution in [-0.2, 0) is 6.42 Å². The summed E-state index contributed by atoms with van der Waals surface area (Å²) in [5.74, 6) is 1.01. The van der Waals surface area contributed by atoms with Gasteiger partial charge in [-0.1, -0.05) is 13.2 Å². The molecule has 0 heterocycles. The smallest absolute Gasteiger partial charge is 0.122 e. The quantitative estimate of drug-likeness (QED) is 0.718. The lowest BCUT2D eigenvalue weighted by Gasteiger charge is -2.07. The molecule has 0 bridgehead atoms. The molecule has 0 unspecified atom stereocenters. The molecule has 2 nitrogen and oxygen atoms in total. The number of aryl methyl sites for hydroxylation is 1. The van der Waals surface area contributed by atoms with Gasteiger partial charge in [-0.15, -0.1) is 0 Å². The molecule has 0 aliphatic heterocycles. The van der Waals surface area contributed by atoms with Crippen LogP contribution in [0.1, 0.15) is 25.6 Å². The zero-order valence-electron chi connectivity index (χ0n) is 12.8. The van der Waals surface area contributed by atoms with E-state index in [1.54, 1.807) is 18.2 Å². The van der Waals surface area contributed by atoms with E-state index in [2.05, 4.69) is 0 Å². The number of hydrogen-bond acceptors (Lipinski definition) is 2. The predicted octanol–water partition coefficient (Wildman–Crippen LogP) is 2.66. The van der Waals surface area contributed by atoms with E-state index in [1.165, 1.54) is 14.2 Å². The highest BCUT2D eigenvalue weighted by atomic mass is 16.5. The van der Waals surface area contributed by atoms with Crippen LogP contribution in [0.15, 0.2) is 18.2 Å². The molecule has 0 aliphatic carbocycles. The Balaban J connectivity index is 3.04. The summed E-state index contributed by atoms with van der Waals surface area (Å²) < 4.78 is 46.8. The lowest BCUT2D eigenvalue weighted by molar-refractivity contribution is 0.393. The summed E-state index contributed by atoms with van der Waals surface area (Å²) in [6, 6.07) is 4.85. The van der Waals surface area contributed by atoms with Crippen molar-refractivity contribution in [2.75, 3.05) is 14.2 Å². The Labute approximate surface area is 86.5 Å². The van der Waals surface area contributed by atoms with Crippen LogP contribution >= 0.6 is 0 Å². The zero-order chi connectivity index (χ0) is 14.0. The van der Waals surface area contributed by atoms with E-state index < -0.39 is 13.2 Å². The van der Waals surface area contributed by atoms with Gasteiger partial charge in [0.2, 0.25) is 0 Å². The Hall–Kier alpha value is -1.18. The first-order valence-electron chi connectivity index (χ1n) is 6.41. The molecule has 0 radical (unpaired) electrons. The van der Waals surface area contributed by atoms with E-state index in [4.69, 9.17) is 16.3 Å². The van der Waals surface area contributed by atoms with Gasteiger partial charge in [-0.25, -0.2) is 0 Å². The normalized spacial score (nSPS) is 17.5. The van der Waals surface area contributed by atoms with Crippen LogP contribution in [-0.4, -0.2) is 14.2 Å². The molecule has 1 rings (SSSR count). The summed E-state index contributed by atoms with van der Waals surface area (Å²) in [4.78, 5) is 0. The van der Waals surface area contributed by atoms with Crippen LogP contribution in [0.5, 0.6) is 11.5 Å². The number of rotatable bonds is 4. The van der Waals surface area contributed by atoms with Crippen molar-refractivity contribution >= 4 is 0 Å². The van der Waals surface area contributed by atoms with Gasteiger partial charge in [0.25, 0.3) is 0 Å². The molecule has 0 aromatic heterocycles. The largest absolute Gasteiger partial charge is 0.497 e. The van der Waals surface area contributed by atoms with Crippen molar-refractivity contribution in [2.45, 2.75) is 19.6 Å². The van der Waals surface area contributed by atoms with Crippen LogP contribution in [0.25, 0.3) is 0 Å². The van der Waals surface area contributed by atoms with Crippen LogP contribution in [0.4, 0.5) is 0 Å². The minimum absolute atomic E-state index is 0.225. The fourth-order valence-corrected chi connectivity index (χ4v) is 1.07. The average Bonchev–Trinajstić information content (AvgIpc) is 2.26. The van der Waals surface area contributed by atoms with Gasteiger partial charge in [0.1, 0.15) is 11.5 Å². The first kappa shape index (κ1) is 4.89. The van der Waals surface area contributed by atoms with E-state index in [9.17, 15) is 0 Å². The highest BCUT2D eigenvalue weighted by Crippen LogP contribution is 2.22. The van der Waals surface area contributed by atoms with Crippen molar-refractivity contribution in [2.24, 2.45) is 0 Å². The van der Waals surface area contributed by atoms with E-state index in [-0.39, 0.29) is 6.42 Å². The predicted molar refractivity (Wildman–Crippen MR) is 53.5 cm³/mol. The average molecular weight is 185 g/mol. The maximum atomic E-state index is 7.59. The zero-order valence-corrected chi connectivity index (χ0v) is 7.76. The van der Waals surface area contributed by atoms with Gasteiger partial charge in [-0.2, -0.15) is 0 Å². The summed E-state index contributed by atoms with van der Waals surface area (Å²) in [7, 11) is 2.97. The molecule has 1 aromatic carbocycles. The number of ether oxygens (including phenoxy) is 2. The molecule has 0 fully saturated rings. The summed E-state index contributed by atoms with van der Waals surface area (Å²) >= 11 is 0. The summed E-state index contributed by atoms with van der Waals surface area (Å²) in [5, 5.41) is 0. The second kappa shape index (κ2) is 4.75. The minimum atomic E-state index is -2.66. The van der Waals surface area contributed by atoms with Gasteiger partial charge in [0, 0.05) is 12.9 Å². The number of benzene rings is 1. The van der Waals surface area contributed by atoms with Crippen LogP contribution in [0, 0.1) is 0 Å². The Bertz CT molecular complexity index is 392. The molecule has 2 heteroatoms. The van der Waals surface area contributed by atoms with Gasteiger partial charge in [0.05, 0.1) is 14.2 Å². The van der Waals surface area contributed by atoms with E-state index in [1.807, 2.05) is 0 Å². The fourth-order valence-electron chi connectivity index (χ4n) is 1.07. The monoisotopic (exact) mass is 185 g/mol. The molecule has 0 amide bonds. The summed E-state index contributed by atoms with van der Waals surface area (Å²) in [6.45, 7) is -2.66. The number of methoxy groups -OCH3 is 2.